The number of aromatic nitrogens is 1. The van der Waals surface area contributed by atoms with Crippen LogP contribution in [0, 0.1) is 17.2 Å². The van der Waals surface area contributed by atoms with Gasteiger partial charge in [-0.05, 0) is 69.7 Å². The summed E-state index contributed by atoms with van der Waals surface area (Å²) in [5.74, 6) is -1.55. The van der Waals surface area contributed by atoms with Crippen molar-refractivity contribution in [1.82, 2.24) is 15.0 Å². The molecule has 248 valence electrons. The van der Waals surface area contributed by atoms with Crippen molar-refractivity contribution in [3.05, 3.63) is 41.0 Å². The van der Waals surface area contributed by atoms with Crippen LogP contribution in [0.1, 0.15) is 91.7 Å². The number of aliphatic imine (C=N–C) groups is 1. The number of likely N-dealkylation sites (tertiary alicyclic amines) is 2. The lowest BCUT2D eigenvalue weighted by Crippen LogP contribution is -2.45. The van der Waals surface area contributed by atoms with Gasteiger partial charge in [0.05, 0.1) is 18.0 Å². The highest BCUT2D eigenvalue weighted by atomic mass is 19.1. The van der Waals surface area contributed by atoms with Crippen molar-refractivity contribution in [2.24, 2.45) is 16.3 Å². The van der Waals surface area contributed by atoms with Crippen LogP contribution in [0.5, 0.6) is 0 Å². The average Bonchev–Trinajstić information content (AvgIpc) is 3.42. The molecule has 2 fully saturated rings. The Balaban J connectivity index is 0.00000271. The lowest BCUT2D eigenvalue weighted by molar-refractivity contribution is -0.156. The number of rotatable bonds is 11. The number of hydrogen-bond donors (Lipinski definition) is 1. The van der Waals surface area contributed by atoms with Gasteiger partial charge in [-0.25, -0.2) is 9.38 Å². The molecule has 3 heterocycles. The number of nitrogens with zero attached hydrogens (tertiary/aromatic N) is 4. The molecule has 2 saturated heterocycles. The maximum Gasteiger partial charge on any atom is 0.309 e. The number of likely N-dealkylation sites (N-methyl/N-ethyl adjacent to an activating group) is 1. The molecule has 0 spiro atoms. The fourth-order valence-electron chi connectivity index (χ4n) is 5.88. The van der Waals surface area contributed by atoms with Gasteiger partial charge in [-0.1, -0.05) is 39.8 Å². The number of fused-ring (bicyclic) bond motifs is 1. The SMILES string of the molecule is C/C(N=C1C(OC(=O)C(C)C(C)(C)CC(=O)O)CCCN1C)=C(/C=O)CCN1CCC(c2noc3cc(F)ccc23)CC1.CC. The minimum Gasteiger partial charge on any atom is -0.481 e. The maximum absolute atomic E-state index is 13.5. The molecule has 4 rings (SSSR count). The van der Waals surface area contributed by atoms with Crippen molar-refractivity contribution in [1.29, 1.82) is 0 Å². The van der Waals surface area contributed by atoms with Crippen LogP contribution in [0.15, 0.2) is 39.0 Å². The van der Waals surface area contributed by atoms with E-state index >= 15 is 0 Å². The number of amidine groups is 1. The molecule has 11 heteroatoms. The second-order valence-corrected chi connectivity index (χ2v) is 12.5. The molecule has 2 atom stereocenters. The van der Waals surface area contributed by atoms with Crippen molar-refractivity contribution in [2.75, 3.05) is 33.2 Å². The summed E-state index contributed by atoms with van der Waals surface area (Å²) >= 11 is 0. The molecule has 1 aromatic carbocycles. The first-order chi connectivity index (χ1) is 21.4. The highest BCUT2D eigenvalue weighted by molar-refractivity contribution is 5.91. The molecule has 2 aliphatic heterocycles. The number of carboxylic acid groups (broad SMARTS) is 1. The molecule has 0 aliphatic carbocycles. The lowest BCUT2D eigenvalue weighted by atomic mass is 9.77. The molecule has 0 bridgehead atoms. The zero-order valence-corrected chi connectivity index (χ0v) is 27.8. The van der Waals surface area contributed by atoms with E-state index in [1.165, 1.54) is 12.1 Å². The zero-order chi connectivity index (χ0) is 33.3. The van der Waals surface area contributed by atoms with Crippen LogP contribution >= 0.6 is 0 Å². The Bertz CT molecular complexity index is 1390. The van der Waals surface area contributed by atoms with E-state index in [9.17, 15) is 23.9 Å². The van der Waals surface area contributed by atoms with Crippen molar-refractivity contribution in [3.8, 4) is 0 Å². The van der Waals surface area contributed by atoms with Crippen LogP contribution in [-0.4, -0.2) is 83.5 Å². The number of hydrogen-bond acceptors (Lipinski definition) is 8. The number of carbonyl (C=O) groups excluding carboxylic acids is 2. The molecule has 0 saturated carbocycles. The van der Waals surface area contributed by atoms with Gasteiger partial charge < -0.3 is 24.2 Å². The van der Waals surface area contributed by atoms with E-state index in [0.717, 1.165) is 56.3 Å². The molecule has 1 aromatic heterocycles. The fraction of sp³-hybridized carbons (Fsp3) is 0.618. The quantitative estimate of drug-likeness (QED) is 0.176. The van der Waals surface area contributed by atoms with Gasteiger partial charge in [0.25, 0.3) is 0 Å². The van der Waals surface area contributed by atoms with Gasteiger partial charge in [-0.2, -0.15) is 0 Å². The number of ether oxygens (including phenoxy) is 1. The second-order valence-electron chi connectivity index (χ2n) is 12.5. The third-order valence-electron chi connectivity index (χ3n) is 9.05. The first-order valence-electron chi connectivity index (χ1n) is 16.0. The summed E-state index contributed by atoms with van der Waals surface area (Å²) in [6.07, 6.45) is 3.89. The van der Waals surface area contributed by atoms with Gasteiger partial charge in [0.2, 0.25) is 0 Å². The Morgan fingerprint density at radius 1 is 1.22 bits per heavy atom. The van der Waals surface area contributed by atoms with Crippen LogP contribution in [-0.2, 0) is 19.1 Å². The van der Waals surface area contributed by atoms with Gasteiger partial charge in [-0.15, -0.1) is 0 Å². The Labute approximate surface area is 265 Å². The molecule has 2 unspecified atom stereocenters. The summed E-state index contributed by atoms with van der Waals surface area (Å²) in [5.41, 5.74) is 1.76. The van der Waals surface area contributed by atoms with Gasteiger partial charge >= 0.3 is 11.9 Å². The highest BCUT2D eigenvalue weighted by Crippen LogP contribution is 2.34. The predicted octanol–water partition coefficient (Wildman–Crippen LogP) is 6.21. The topological polar surface area (TPSA) is 126 Å². The summed E-state index contributed by atoms with van der Waals surface area (Å²) in [5, 5.41) is 14.3. The van der Waals surface area contributed by atoms with E-state index in [-0.39, 0.29) is 18.2 Å². The molecular formula is C34H49FN4O6. The Kier molecular flexibility index (Phi) is 12.8. The number of aldehydes is 1. The van der Waals surface area contributed by atoms with Crippen molar-refractivity contribution in [2.45, 2.75) is 92.1 Å². The molecule has 0 amide bonds. The van der Waals surface area contributed by atoms with Gasteiger partial charge in [-0.3, -0.25) is 14.4 Å². The monoisotopic (exact) mass is 628 g/mol. The standard InChI is InChI=1S/C32H43FN4O6.C2H6/c1-20(32(3,4)18-28(39)40)31(41)42-26-7-6-13-36(5)30(26)34-21(2)23(19-38)12-16-37-14-10-22(11-15-37)29-25-9-8-24(33)17-27(25)43-35-29;1-2/h8-9,17,19-20,22,26H,6-7,10-16,18H2,1-5H3,(H,39,40);1-2H3/b23-21-,34-30?;. The minimum absolute atomic E-state index is 0.144. The number of halogens is 1. The highest BCUT2D eigenvalue weighted by Gasteiger charge is 2.37. The number of carboxylic acids is 1. The smallest absolute Gasteiger partial charge is 0.309 e. The van der Waals surface area contributed by atoms with Crippen LogP contribution in [0.2, 0.25) is 0 Å². The van der Waals surface area contributed by atoms with Crippen LogP contribution in [0.3, 0.4) is 0 Å². The van der Waals surface area contributed by atoms with Crippen molar-refractivity contribution >= 4 is 35.0 Å². The van der Waals surface area contributed by atoms with Gasteiger partial charge in [0.1, 0.15) is 17.9 Å². The lowest BCUT2D eigenvalue weighted by Gasteiger charge is -2.35. The fourth-order valence-corrected chi connectivity index (χ4v) is 5.88. The van der Waals surface area contributed by atoms with Crippen LogP contribution in [0.25, 0.3) is 11.0 Å². The summed E-state index contributed by atoms with van der Waals surface area (Å²) in [6, 6.07) is 4.52. The maximum atomic E-state index is 13.5. The molecule has 10 nitrogen and oxygen atoms in total. The van der Waals surface area contributed by atoms with Gasteiger partial charge in [0, 0.05) is 48.8 Å². The number of allylic oxidation sites excluding steroid dienone is 1. The largest absolute Gasteiger partial charge is 0.481 e. The summed E-state index contributed by atoms with van der Waals surface area (Å²) in [4.78, 5) is 45.5. The van der Waals surface area contributed by atoms with Crippen LogP contribution < -0.4 is 0 Å². The predicted molar refractivity (Wildman–Crippen MR) is 171 cm³/mol. The second kappa shape index (κ2) is 16.1. The molecule has 2 aliphatic rings. The van der Waals surface area contributed by atoms with Crippen LogP contribution in [0.4, 0.5) is 4.39 Å². The van der Waals surface area contributed by atoms with E-state index in [4.69, 9.17) is 14.3 Å². The molecule has 2 aromatic rings. The van der Waals surface area contributed by atoms with E-state index in [1.807, 2.05) is 25.8 Å². The van der Waals surface area contributed by atoms with E-state index in [2.05, 4.69) is 10.1 Å². The molecular weight excluding hydrogens is 579 g/mol. The molecule has 0 radical (unpaired) electrons. The van der Waals surface area contributed by atoms with Gasteiger partial charge in [0.15, 0.2) is 11.7 Å². The normalized spacial score (nSPS) is 20.3. The first-order valence-corrected chi connectivity index (χ1v) is 16.0. The zero-order valence-electron chi connectivity index (χ0n) is 27.8. The number of piperidine rings is 2. The summed E-state index contributed by atoms with van der Waals surface area (Å²) in [7, 11) is 1.89. The Morgan fingerprint density at radius 3 is 2.56 bits per heavy atom. The molecule has 1 N–H and O–H groups in total. The number of aliphatic carboxylic acids is 1. The van der Waals surface area contributed by atoms with E-state index < -0.39 is 29.4 Å². The Morgan fingerprint density at radius 2 is 1.91 bits per heavy atom. The number of carbonyl (C=O) groups is 3. The summed E-state index contributed by atoms with van der Waals surface area (Å²) < 4.78 is 24.8. The third-order valence-corrected chi connectivity index (χ3v) is 9.05. The Hall–Kier alpha value is -3.60. The van der Waals surface area contributed by atoms with E-state index in [0.29, 0.717) is 42.1 Å². The molecule has 45 heavy (non-hydrogen) atoms. The van der Waals surface area contributed by atoms with Crippen molar-refractivity contribution < 1.29 is 33.1 Å². The summed E-state index contributed by atoms with van der Waals surface area (Å²) in [6.45, 7) is 14.1. The first kappa shape index (κ1) is 35.9. The minimum atomic E-state index is -0.961. The third kappa shape index (κ3) is 9.22. The number of esters is 1. The number of benzene rings is 1. The van der Waals surface area contributed by atoms with Crippen molar-refractivity contribution in [3.63, 3.8) is 0 Å². The average molecular weight is 629 g/mol. The van der Waals surface area contributed by atoms with E-state index in [1.54, 1.807) is 33.8 Å².